The van der Waals surface area contributed by atoms with E-state index in [1.807, 2.05) is 10.7 Å². The van der Waals surface area contributed by atoms with Gasteiger partial charge in [-0.15, -0.1) is 0 Å². The number of primary amides is 1. The minimum atomic E-state index is -0.347. The average Bonchev–Trinajstić information content (AvgIpc) is 2.84. The Kier molecular flexibility index (Phi) is 3.70. The quantitative estimate of drug-likeness (QED) is 0.888. The molecule has 0 fully saturated rings. The van der Waals surface area contributed by atoms with Crippen molar-refractivity contribution in [1.29, 1.82) is 0 Å². The molecule has 0 atom stereocenters. The van der Waals surface area contributed by atoms with E-state index >= 15 is 0 Å². The van der Waals surface area contributed by atoms with Gasteiger partial charge < -0.3 is 11.1 Å². The largest absolute Gasteiger partial charge is 0.370 e. The molecule has 3 rings (SSSR count). The lowest BCUT2D eigenvalue weighted by molar-refractivity contribution is -0.118. The number of rotatable bonds is 4. The van der Waals surface area contributed by atoms with Gasteiger partial charge in [-0.2, -0.15) is 5.10 Å². The predicted octanol–water partition coefficient (Wildman–Crippen LogP) is 1.21. The molecule has 0 spiro atoms. The summed E-state index contributed by atoms with van der Waals surface area (Å²) in [6, 6.07) is 6.42. The van der Waals surface area contributed by atoms with Crippen LogP contribution >= 0.6 is 0 Å². The number of nitrogens with zero attached hydrogens (tertiary/aromatic N) is 2. The van der Waals surface area contributed by atoms with Crippen LogP contribution in [0.2, 0.25) is 0 Å². The third kappa shape index (κ3) is 2.80. The summed E-state index contributed by atoms with van der Waals surface area (Å²) in [7, 11) is 0. The third-order valence-corrected chi connectivity index (χ3v) is 3.67. The van der Waals surface area contributed by atoms with Crippen molar-refractivity contribution in [3.8, 4) is 11.3 Å². The molecule has 21 heavy (non-hydrogen) atoms. The average molecular weight is 288 g/mol. The van der Waals surface area contributed by atoms with Crippen LogP contribution in [0.15, 0.2) is 24.3 Å². The number of hydrogen-bond acceptors (Lipinski definition) is 3. The van der Waals surface area contributed by atoms with Crippen LogP contribution in [0, 0.1) is 5.82 Å². The van der Waals surface area contributed by atoms with Crippen molar-refractivity contribution in [3.05, 3.63) is 41.3 Å². The van der Waals surface area contributed by atoms with Gasteiger partial charge in [0.2, 0.25) is 5.91 Å². The van der Waals surface area contributed by atoms with Crippen LogP contribution < -0.4 is 11.1 Å². The van der Waals surface area contributed by atoms with Crippen LogP contribution in [0.3, 0.4) is 0 Å². The van der Waals surface area contributed by atoms with Gasteiger partial charge >= 0.3 is 0 Å². The van der Waals surface area contributed by atoms with Gasteiger partial charge in [-0.3, -0.25) is 9.48 Å². The minimum absolute atomic E-state index is 0.254. The Morgan fingerprint density at radius 2 is 2.33 bits per heavy atom. The maximum Gasteiger partial charge on any atom is 0.219 e. The number of benzene rings is 1. The molecule has 110 valence electrons. The molecule has 0 aliphatic carbocycles. The van der Waals surface area contributed by atoms with Crippen LogP contribution in [0.1, 0.15) is 17.7 Å². The van der Waals surface area contributed by atoms with E-state index in [1.165, 1.54) is 12.1 Å². The van der Waals surface area contributed by atoms with Gasteiger partial charge in [-0.1, -0.05) is 12.1 Å². The number of nitrogens with two attached hydrogens (primary N) is 1. The number of aryl methyl sites for hydroxylation is 1. The van der Waals surface area contributed by atoms with Crippen LogP contribution in [-0.4, -0.2) is 22.2 Å². The highest BCUT2D eigenvalue weighted by molar-refractivity contribution is 5.73. The summed E-state index contributed by atoms with van der Waals surface area (Å²) in [5, 5.41) is 7.88. The van der Waals surface area contributed by atoms with E-state index in [0.717, 1.165) is 35.5 Å². The molecule has 2 aromatic rings. The van der Waals surface area contributed by atoms with Crippen LogP contribution in [0.5, 0.6) is 0 Å². The summed E-state index contributed by atoms with van der Waals surface area (Å²) in [5.41, 5.74) is 8.93. The first-order valence-corrected chi connectivity index (χ1v) is 6.98. The number of fused-ring (bicyclic) bond motifs is 1. The maximum absolute atomic E-state index is 13.4. The summed E-state index contributed by atoms with van der Waals surface area (Å²) < 4.78 is 15.3. The Bertz CT molecular complexity index is 680. The number of amides is 1. The van der Waals surface area contributed by atoms with Crippen LogP contribution in [-0.2, 0) is 24.3 Å². The van der Waals surface area contributed by atoms with E-state index in [4.69, 9.17) is 5.73 Å². The molecule has 5 nitrogen and oxygen atoms in total. The molecule has 0 saturated carbocycles. The fraction of sp³-hybridized carbons (Fsp3) is 0.333. The molecule has 1 aromatic carbocycles. The second-order valence-corrected chi connectivity index (χ2v) is 5.15. The van der Waals surface area contributed by atoms with Crippen molar-refractivity contribution in [2.24, 2.45) is 5.73 Å². The Balaban J connectivity index is 2.02. The first kappa shape index (κ1) is 13.8. The number of carbonyl (C=O) groups excluding carboxylic acids is 1. The summed E-state index contributed by atoms with van der Waals surface area (Å²) in [6.07, 6.45) is 1.10. The molecule has 1 aliphatic rings. The Hall–Kier alpha value is -2.21. The number of halogens is 1. The molecule has 0 unspecified atom stereocenters. The van der Waals surface area contributed by atoms with Crippen molar-refractivity contribution >= 4 is 5.91 Å². The van der Waals surface area contributed by atoms with Crippen molar-refractivity contribution in [2.75, 3.05) is 6.54 Å². The minimum Gasteiger partial charge on any atom is -0.370 e. The van der Waals surface area contributed by atoms with Crippen molar-refractivity contribution < 1.29 is 9.18 Å². The van der Waals surface area contributed by atoms with E-state index in [9.17, 15) is 9.18 Å². The maximum atomic E-state index is 13.4. The van der Waals surface area contributed by atoms with Gasteiger partial charge in [0.1, 0.15) is 5.82 Å². The summed E-state index contributed by atoms with van der Waals surface area (Å²) in [4.78, 5) is 11.0. The van der Waals surface area contributed by atoms with E-state index in [2.05, 4.69) is 10.4 Å². The smallest absolute Gasteiger partial charge is 0.219 e. The number of carbonyl (C=O) groups is 1. The Morgan fingerprint density at radius 1 is 1.48 bits per heavy atom. The predicted molar refractivity (Wildman–Crippen MR) is 76.8 cm³/mol. The molecule has 0 saturated heterocycles. The van der Waals surface area contributed by atoms with Gasteiger partial charge in [0.15, 0.2) is 0 Å². The van der Waals surface area contributed by atoms with Crippen LogP contribution in [0.25, 0.3) is 11.3 Å². The molecule has 6 heteroatoms. The van der Waals surface area contributed by atoms with Gasteiger partial charge in [-0.25, -0.2) is 4.39 Å². The van der Waals surface area contributed by atoms with Crippen molar-refractivity contribution in [2.45, 2.75) is 25.9 Å². The van der Waals surface area contributed by atoms with Crippen LogP contribution in [0.4, 0.5) is 4.39 Å². The first-order chi connectivity index (χ1) is 10.1. The van der Waals surface area contributed by atoms with Crippen molar-refractivity contribution in [1.82, 2.24) is 15.1 Å². The normalized spacial score (nSPS) is 14.0. The van der Waals surface area contributed by atoms with Gasteiger partial charge in [0.05, 0.1) is 5.69 Å². The fourth-order valence-electron chi connectivity index (χ4n) is 2.69. The van der Waals surface area contributed by atoms with E-state index in [-0.39, 0.29) is 18.1 Å². The first-order valence-electron chi connectivity index (χ1n) is 6.98. The topological polar surface area (TPSA) is 72.9 Å². The lowest BCUT2D eigenvalue weighted by atomic mass is 10.0. The molecule has 3 N–H and O–H groups in total. The highest BCUT2D eigenvalue weighted by Crippen LogP contribution is 2.28. The zero-order valence-corrected chi connectivity index (χ0v) is 11.6. The SMILES string of the molecule is NC(=O)CCn1nc(-c2cccc(F)c2)c2c1CCNC2. The molecule has 1 amide bonds. The zero-order chi connectivity index (χ0) is 14.8. The number of nitrogens with one attached hydrogen (secondary N) is 1. The number of aromatic nitrogens is 2. The van der Waals surface area contributed by atoms with Gasteiger partial charge in [0.25, 0.3) is 0 Å². The molecule has 0 bridgehead atoms. The fourth-order valence-corrected chi connectivity index (χ4v) is 2.69. The molecule has 1 aromatic heterocycles. The lowest BCUT2D eigenvalue weighted by Gasteiger charge is -2.15. The molecule has 0 radical (unpaired) electrons. The highest BCUT2D eigenvalue weighted by Gasteiger charge is 2.21. The Morgan fingerprint density at radius 3 is 3.10 bits per heavy atom. The van der Waals surface area contributed by atoms with Gasteiger partial charge in [0, 0.05) is 49.3 Å². The zero-order valence-electron chi connectivity index (χ0n) is 11.6. The van der Waals surface area contributed by atoms with Gasteiger partial charge in [-0.05, 0) is 12.1 Å². The molecular weight excluding hydrogens is 271 g/mol. The second-order valence-electron chi connectivity index (χ2n) is 5.15. The van der Waals surface area contributed by atoms with E-state index in [1.54, 1.807) is 6.07 Å². The summed E-state index contributed by atoms with van der Waals surface area (Å²) >= 11 is 0. The monoisotopic (exact) mass is 288 g/mol. The van der Waals surface area contributed by atoms with Crippen molar-refractivity contribution in [3.63, 3.8) is 0 Å². The van der Waals surface area contributed by atoms with E-state index in [0.29, 0.717) is 13.1 Å². The third-order valence-electron chi connectivity index (χ3n) is 3.67. The highest BCUT2D eigenvalue weighted by atomic mass is 19.1. The number of hydrogen-bond donors (Lipinski definition) is 2. The molecule has 2 heterocycles. The lowest BCUT2D eigenvalue weighted by Crippen LogP contribution is -2.25. The standard InChI is InChI=1S/C15H17FN4O/c16-11-3-1-2-10(8-11)15-12-9-18-6-4-13(12)20(19-15)7-5-14(17)21/h1-3,8,18H,4-7,9H2,(H2,17,21). The second kappa shape index (κ2) is 5.65. The van der Waals surface area contributed by atoms with E-state index < -0.39 is 0 Å². The molecule has 1 aliphatic heterocycles. The summed E-state index contributed by atoms with van der Waals surface area (Å²) in [5.74, 6) is -0.628. The summed E-state index contributed by atoms with van der Waals surface area (Å²) in [6.45, 7) is 2.04. The molecular formula is C15H17FN4O. The Labute approximate surface area is 121 Å².